The van der Waals surface area contributed by atoms with Crippen molar-refractivity contribution in [3.05, 3.63) is 41.0 Å². The van der Waals surface area contributed by atoms with Gasteiger partial charge in [-0.3, -0.25) is 4.18 Å². The molecule has 8 aliphatic rings. The van der Waals surface area contributed by atoms with E-state index in [1.165, 1.54) is 44.1 Å². The SMILES string of the molecule is [2H][C@]1(OS(=O)(=O)c2ccc(C)cc2)[C@@H]2C[C@H]3C[C@@H](C2)C(=C2C4CC5CC(C4)CC2C5)[C@@H]1C3. The van der Waals surface area contributed by atoms with Crippen LogP contribution in [0.15, 0.2) is 40.3 Å². The lowest BCUT2D eigenvalue weighted by molar-refractivity contribution is -0.0454. The van der Waals surface area contributed by atoms with Gasteiger partial charge in [0.25, 0.3) is 10.1 Å². The highest BCUT2D eigenvalue weighted by Gasteiger charge is 2.56. The average Bonchev–Trinajstić information content (AvgIpc) is 2.72. The average molecular weight is 440 g/mol. The molecule has 0 heterocycles. The molecule has 0 amide bonds. The molecule has 8 aliphatic carbocycles. The van der Waals surface area contributed by atoms with Gasteiger partial charge in [-0.15, -0.1) is 0 Å². The van der Waals surface area contributed by atoms with E-state index in [1.54, 1.807) is 17.7 Å². The van der Waals surface area contributed by atoms with Crippen molar-refractivity contribution in [3.8, 4) is 0 Å². The Morgan fingerprint density at radius 3 is 2.00 bits per heavy atom. The zero-order chi connectivity index (χ0) is 21.8. The Labute approximate surface area is 188 Å². The van der Waals surface area contributed by atoms with Gasteiger partial charge < -0.3 is 0 Å². The summed E-state index contributed by atoms with van der Waals surface area (Å²) < 4.78 is 42.2. The zero-order valence-corrected chi connectivity index (χ0v) is 19.2. The molecule has 31 heavy (non-hydrogen) atoms. The van der Waals surface area contributed by atoms with Crippen molar-refractivity contribution in [2.24, 2.45) is 47.3 Å². The second-order valence-electron chi connectivity index (χ2n) is 11.7. The van der Waals surface area contributed by atoms with Gasteiger partial charge in [0, 0.05) is 5.92 Å². The summed E-state index contributed by atoms with van der Waals surface area (Å²) in [5, 5.41) is 0. The van der Waals surface area contributed by atoms with Gasteiger partial charge in [0.05, 0.1) is 12.3 Å². The van der Waals surface area contributed by atoms with Crippen LogP contribution in [0.25, 0.3) is 0 Å². The number of aryl methyl sites for hydroxylation is 1. The number of hydrogen-bond donors (Lipinski definition) is 0. The van der Waals surface area contributed by atoms with Crippen LogP contribution < -0.4 is 0 Å². The van der Waals surface area contributed by atoms with Gasteiger partial charge in [-0.05, 0) is 118 Å². The van der Waals surface area contributed by atoms with Crippen LogP contribution in [0.3, 0.4) is 0 Å². The van der Waals surface area contributed by atoms with Crippen molar-refractivity contribution in [3.63, 3.8) is 0 Å². The third-order valence-electron chi connectivity index (χ3n) is 9.80. The van der Waals surface area contributed by atoms with Crippen LogP contribution in [0, 0.1) is 54.3 Å². The van der Waals surface area contributed by atoms with E-state index in [0.29, 0.717) is 23.7 Å². The van der Waals surface area contributed by atoms with Gasteiger partial charge in [0.1, 0.15) is 0 Å². The van der Waals surface area contributed by atoms with E-state index in [-0.39, 0.29) is 16.7 Å². The summed E-state index contributed by atoms with van der Waals surface area (Å²) in [6, 6.07) is 6.87. The van der Waals surface area contributed by atoms with Crippen molar-refractivity contribution < 1.29 is 14.0 Å². The standard InChI is InChI=1S/C27H34O3S/c1-15-2-4-23(5-3-15)31(28,29)30-27-22-12-18-11-21(14-22)26(24(27)13-18)25-19-7-16-6-17(9-19)10-20(25)8-16/h2-5,16-22,24,27H,6-14H2,1H3/t16?,17?,18-,19?,20?,21+,22-,24+,27+/m1/s1/i27D. The summed E-state index contributed by atoms with van der Waals surface area (Å²) in [5.74, 6) is 4.46. The van der Waals surface area contributed by atoms with Crippen LogP contribution in [-0.4, -0.2) is 14.5 Å². The summed E-state index contributed by atoms with van der Waals surface area (Å²) in [6.45, 7) is 1.95. The first-order chi connectivity index (χ1) is 15.3. The number of rotatable bonds is 3. The monoisotopic (exact) mass is 439 g/mol. The lowest BCUT2D eigenvalue weighted by Crippen LogP contribution is -2.53. The Balaban J connectivity index is 1.29. The van der Waals surface area contributed by atoms with E-state index in [1.807, 2.05) is 19.1 Å². The predicted molar refractivity (Wildman–Crippen MR) is 120 cm³/mol. The molecule has 0 N–H and O–H groups in total. The third kappa shape index (κ3) is 2.96. The second-order valence-corrected chi connectivity index (χ2v) is 13.3. The minimum absolute atomic E-state index is 0.0337. The lowest BCUT2D eigenvalue weighted by Gasteiger charge is -2.59. The molecule has 1 aromatic carbocycles. The van der Waals surface area contributed by atoms with Crippen LogP contribution in [0.2, 0.25) is 0 Å². The molecule has 0 aromatic heterocycles. The Morgan fingerprint density at radius 2 is 1.35 bits per heavy atom. The Bertz CT molecular complexity index is 1060. The number of hydrogen-bond acceptors (Lipinski definition) is 3. The van der Waals surface area contributed by atoms with Gasteiger partial charge in [-0.1, -0.05) is 28.8 Å². The Kier molecular flexibility index (Phi) is 3.96. The van der Waals surface area contributed by atoms with Gasteiger partial charge in [-0.25, -0.2) is 0 Å². The summed E-state index contributed by atoms with van der Waals surface area (Å²) in [5.41, 5.74) is 4.23. The first-order valence-corrected chi connectivity index (χ1v) is 14.0. The van der Waals surface area contributed by atoms with Crippen LogP contribution in [0.4, 0.5) is 0 Å². The largest absolute Gasteiger partial charge is 0.297 e. The molecule has 4 heteroatoms. The third-order valence-corrected chi connectivity index (χ3v) is 11.1. The molecule has 5 atom stereocenters. The maximum Gasteiger partial charge on any atom is 0.297 e. The Morgan fingerprint density at radius 1 is 0.774 bits per heavy atom. The maximum absolute atomic E-state index is 13.3. The summed E-state index contributed by atoms with van der Waals surface area (Å²) in [4.78, 5) is 0.187. The molecule has 0 saturated heterocycles. The molecule has 166 valence electrons. The van der Waals surface area contributed by atoms with Crippen molar-refractivity contribution >= 4 is 10.1 Å². The van der Waals surface area contributed by atoms with Crippen molar-refractivity contribution in [2.45, 2.75) is 75.7 Å². The van der Waals surface area contributed by atoms with Crippen molar-refractivity contribution in [2.75, 3.05) is 0 Å². The first-order valence-electron chi connectivity index (χ1n) is 13.1. The maximum atomic E-state index is 13.3. The highest BCUT2D eigenvalue weighted by molar-refractivity contribution is 7.86. The van der Waals surface area contributed by atoms with E-state index in [9.17, 15) is 9.79 Å². The van der Waals surface area contributed by atoms with E-state index in [4.69, 9.17) is 4.18 Å². The lowest BCUT2D eigenvalue weighted by atomic mass is 9.47. The Hall–Kier alpha value is -1.13. The summed E-state index contributed by atoms with van der Waals surface area (Å²) >= 11 is 0. The number of allylic oxidation sites excluding steroid dienone is 1. The molecule has 0 unspecified atom stereocenters. The smallest absolute Gasteiger partial charge is 0.262 e. The van der Waals surface area contributed by atoms with Gasteiger partial charge in [0.2, 0.25) is 0 Å². The van der Waals surface area contributed by atoms with Crippen LogP contribution >= 0.6 is 0 Å². The molecule has 0 aliphatic heterocycles. The van der Waals surface area contributed by atoms with Crippen LogP contribution in [-0.2, 0) is 14.3 Å². The van der Waals surface area contributed by atoms with Crippen molar-refractivity contribution in [1.82, 2.24) is 0 Å². The molecule has 8 bridgehead atoms. The molecule has 8 fully saturated rings. The van der Waals surface area contributed by atoms with Crippen LogP contribution in [0.1, 0.15) is 64.7 Å². The van der Waals surface area contributed by atoms with E-state index in [0.717, 1.165) is 36.7 Å². The topological polar surface area (TPSA) is 43.4 Å². The molecule has 0 radical (unpaired) electrons. The molecular formula is C27H34O3S. The van der Waals surface area contributed by atoms with Crippen LogP contribution in [0.5, 0.6) is 0 Å². The van der Waals surface area contributed by atoms with Crippen molar-refractivity contribution in [1.29, 1.82) is 0 Å². The molecule has 8 saturated carbocycles. The number of benzene rings is 1. The fourth-order valence-electron chi connectivity index (χ4n) is 9.02. The fraction of sp³-hybridized carbons (Fsp3) is 0.704. The van der Waals surface area contributed by atoms with Gasteiger partial charge in [-0.2, -0.15) is 8.42 Å². The van der Waals surface area contributed by atoms with Gasteiger partial charge >= 0.3 is 0 Å². The molecular weight excluding hydrogens is 404 g/mol. The molecule has 9 rings (SSSR count). The summed E-state index contributed by atoms with van der Waals surface area (Å²) in [7, 11) is -3.96. The summed E-state index contributed by atoms with van der Waals surface area (Å²) in [6.07, 6.45) is 9.57. The zero-order valence-electron chi connectivity index (χ0n) is 19.4. The minimum atomic E-state index is -3.96. The normalized spacial score (nSPS) is 47.8. The van der Waals surface area contributed by atoms with E-state index < -0.39 is 16.2 Å². The second kappa shape index (κ2) is 6.70. The first kappa shape index (κ1) is 18.3. The highest BCUT2D eigenvalue weighted by atomic mass is 32.2. The quantitative estimate of drug-likeness (QED) is 0.436. The predicted octanol–water partition coefficient (Wildman–Crippen LogP) is 5.89. The fourth-order valence-corrected chi connectivity index (χ4v) is 10.1. The van der Waals surface area contributed by atoms with E-state index in [2.05, 4.69) is 0 Å². The molecule has 3 nitrogen and oxygen atoms in total. The van der Waals surface area contributed by atoms with E-state index >= 15 is 0 Å². The molecule has 0 spiro atoms. The van der Waals surface area contributed by atoms with Gasteiger partial charge in [0.15, 0.2) is 0 Å². The highest BCUT2D eigenvalue weighted by Crippen LogP contribution is 2.64. The molecule has 1 aromatic rings. The minimum Gasteiger partial charge on any atom is -0.262 e.